The third kappa shape index (κ3) is 3.01. The Morgan fingerprint density at radius 1 is 0.667 bits per heavy atom. The zero-order valence-electron chi connectivity index (χ0n) is 16.5. The van der Waals surface area contributed by atoms with Gasteiger partial charge in [-0.1, -0.05) is 24.3 Å². The highest BCUT2D eigenvalue weighted by atomic mass is 16.5. The van der Waals surface area contributed by atoms with Crippen molar-refractivity contribution in [2.75, 3.05) is 14.2 Å². The molecule has 2 aromatic heterocycles. The van der Waals surface area contributed by atoms with Crippen molar-refractivity contribution in [1.29, 1.82) is 0 Å². The summed E-state index contributed by atoms with van der Waals surface area (Å²) >= 11 is 0. The van der Waals surface area contributed by atoms with Crippen molar-refractivity contribution in [3.63, 3.8) is 0 Å². The maximum Gasteiger partial charge on any atom is 0.336 e. The Balaban J connectivity index is 1.73. The zero-order valence-corrected chi connectivity index (χ0v) is 16.5. The molecule has 0 unspecified atom stereocenters. The van der Waals surface area contributed by atoms with E-state index in [1.807, 2.05) is 54.6 Å². The van der Waals surface area contributed by atoms with E-state index in [1.54, 1.807) is 26.5 Å². The molecule has 0 aliphatic heterocycles. The van der Waals surface area contributed by atoms with Crippen molar-refractivity contribution in [2.45, 2.75) is 0 Å². The van der Waals surface area contributed by atoms with E-state index in [2.05, 4.69) is 0 Å². The second-order valence-corrected chi connectivity index (χ2v) is 6.93. The van der Waals surface area contributed by atoms with Gasteiger partial charge in [0.15, 0.2) is 0 Å². The Labute approximate surface area is 172 Å². The first-order chi connectivity index (χ1) is 14.7. The van der Waals surface area contributed by atoms with E-state index in [1.165, 1.54) is 6.07 Å². The van der Waals surface area contributed by atoms with Crippen LogP contribution in [0.15, 0.2) is 86.6 Å². The number of fused-ring (bicyclic) bond motifs is 2. The highest BCUT2D eigenvalue weighted by Gasteiger charge is 2.14. The number of hydrogen-bond donors (Lipinski definition) is 0. The number of furan rings is 1. The lowest BCUT2D eigenvalue weighted by atomic mass is 9.98. The van der Waals surface area contributed by atoms with Crippen molar-refractivity contribution in [1.82, 2.24) is 0 Å². The SMILES string of the molecule is COc1ccc(-c2coc3cc4oc(=O)cc(-c5ccc(OC)cc5)c4cc23)cc1. The van der Waals surface area contributed by atoms with Crippen molar-refractivity contribution in [2.24, 2.45) is 0 Å². The van der Waals surface area contributed by atoms with Gasteiger partial charge in [0.1, 0.15) is 22.7 Å². The van der Waals surface area contributed by atoms with Crippen molar-refractivity contribution in [3.8, 4) is 33.8 Å². The molecule has 148 valence electrons. The lowest BCUT2D eigenvalue weighted by molar-refractivity contribution is 0.415. The molecule has 0 aliphatic carbocycles. The molecule has 5 heteroatoms. The van der Waals surface area contributed by atoms with Gasteiger partial charge in [-0.15, -0.1) is 0 Å². The third-order valence-corrected chi connectivity index (χ3v) is 5.24. The molecule has 5 aromatic rings. The van der Waals surface area contributed by atoms with Crippen molar-refractivity contribution in [3.05, 3.63) is 83.4 Å². The molecule has 0 saturated carbocycles. The van der Waals surface area contributed by atoms with E-state index < -0.39 is 5.63 Å². The van der Waals surface area contributed by atoms with Gasteiger partial charge in [0, 0.05) is 28.5 Å². The summed E-state index contributed by atoms with van der Waals surface area (Å²) in [7, 11) is 3.26. The van der Waals surface area contributed by atoms with Gasteiger partial charge in [-0.2, -0.15) is 0 Å². The van der Waals surface area contributed by atoms with Crippen LogP contribution in [0.4, 0.5) is 0 Å². The van der Waals surface area contributed by atoms with Crippen LogP contribution in [0.3, 0.4) is 0 Å². The first kappa shape index (κ1) is 18.1. The Hall–Kier alpha value is -3.99. The normalized spacial score (nSPS) is 11.1. The van der Waals surface area contributed by atoms with Crippen LogP contribution in [0.5, 0.6) is 11.5 Å². The fourth-order valence-electron chi connectivity index (χ4n) is 3.69. The maximum atomic E-state index is 12.2. The Morgan fingerprint density at radius 3 is 1.83 bits per heavy atom. The second kappa shape index (κ2) is 7.12. The maximum absolute atomic E-state index is 12.2. The van der Waals surface area contributed by atoms with Crippen LogP contribution in [-0.2, 0) is 0 Å². The van der Waals surface area contributed by atoms with Crippen LogP contribution in [0.25, 0.3) is 44.2 Å². The molecule has 0 spiro atoms. The molecule has 3 aromatic carbocycles. The minimum atomic E-state index is -0.408. The summed E-state index contributed by atoms with van der Waals surface area (Å²) in [4.78, 5) is 12.2. The molecule has 0 aliphatic rings. The summed E-state index contributed by atoms with van der Waals surface area (Å²) in [5.41, 5.74) is 4.41. The van der Waals surface area contributed by atoms with Crippen molar-refractivity contribution >= 4 is 21.9 Å². The molecule has 0 fully saturated rings. The van der Waals surface area contributed by atoms with Gasteiger partial charge in [0.25, 0.3) is 0 Å². The van der Waals surface area contributed by atoms with Crippen LogP contribution < -0.4 is 15.1 Å². The Kier molecular flexibility index (Phi) is 4.29. The molecule has 0 amide bonds. The summed E-state index contributed by atoms with van der Waals surface area (Å²) in [6.45, 7) is 0. The lowest BCUT2D eigenvalue weighted by Crippen LogP contribution is -1.98. The number of rotatable bonds is 4. The fraction of sp³-hybridized carbons (Fsp3) is 0.0800. The average molecular weight is 398 g/mol. The smallest absolute Gasteiger partial charge is 0.336 e. The summed E-state index contributed by atoms with van der Waals surface area (Å²) < 4.78 is 21.7. The van der Waals surface area contributed by atoms with Gasteiger partial charge in [-0.25, -0.2) is 4.79 Å². The minimum Gasteiger partial charge on any atom is -0.497 e. The van der Waals surface area contributed by atoms with E-state index in [9.17, 15) is 4.79 Å². The lowest BCUT2D eigenvalue weighted by Gasteiger charge is -2.08. The van der Waals surface area contributed by atoms with Gasteiger partial charge in [0.05, 0.1) is 20.5 Å². The zero-order chi connectivity index (χ0) is 20.7. The minimum absolute atomic E-state index is 0.408. The van der Waals surface area contributed by atoms with Crippen LogP contribution in [-0.4, -0.2) is 14.2 Å². The highest BCUT2D eigenvalue weighted by Crippen LogP contribution is 2.37. The van der Waals surface area contributed by atoms with E-state index >= 15 is 0 Å². The van der Waals surface area contributed by atoms with Gasteiger partial charge >= 0.3 is 5.63 Å². The Bertz CT molecular complexity index is 1410. The van der Waals surface area contributed by atoms with E-state index in [0.29, 0.717) is 11.2 Å². The topological polar surface area (TPSA) is 61.8 Å². The van der Waals surface area contributed by atoms with Gasteiger partial charge in [-0.05, 0) is 47.0 Å². The predicted molar refractivity (Wildman–Crippen MR) is 116 cm³/mol. The van der Waals surface area contributed by atoms with E-state index in [0.717, 1.165) is 44.5 Å². The largest absolute Gasteiger partial charge is 0.497 e. The van der Waals surface area contributed by atoms with Crippen molar-refractivity contribution < 1.29 is 18.3 Å². The third-order valence-electron chi connectivity index (χ3n) is 5.24. The average Bonchev–Trinajstić information content (AvgIpc) is 3.20. The number of hydrogen-bond acceptors (Lipinski definition) is 5. The van der Waals surface area contributed by atoms with Gasteiger partial charge in [0.2, 0.25) is 0 Å². The van der Waals surface area contributed by atoms with Crippen LogP contribution in [0, 0.1) is 0 Å². The standard InChI is InChI=1S/C25H18O5/c1-27-17-7-3-15(4-8-17)19-12-25(26)30-24-13-23-21(11-20(19)24)22(14-29-23)16-5-9-18(28-2)10-6-16/h3-14H,1-2H3. The van der Waals surface area contributed by atoms with Gasteiger partial charge < -0.3 is 18.3 Å². The molecule has 30 heavy (non-hydrogen) atoms. The summed E-state index contributed by atoms with van der Waals surface area (Å²) in [6.07, 6.45) is 1.72. The highest BCUT2D eigenvalue weighted by molar-refractivity contribution is 6.05. The Morgan fingerprint density at radius 2 is 1.23 bits per heavy atom. The molecule has 2 heterocycles. The van der Waals surface area contributed by atoms with Crippen LogP contribution in [0.2, 0.25) is 0 Å². The molecular weight excluding hydrogens is 380 g/mol. The molecule has 0 bridgehead atoms. The van der Waals surface area contributed by atoms with Gasteiger partial charge in [-0.3, -0.25) is 0 Å². The molecule has 5 rings (SSSR count). The number of ether oxygens (including phenoxy) is 2. The monoisotopic (exact) mass is 398 g/mol. The van der Waals surface area contributed by atoms with Crippen LogP contribution >= 0.6 is 0 Å². The van der Waals surface area contributed by atoms with E-state index in [-0.39, 0.29) is 0 Å². The first-order valence-electron chi connectivity index (χ1n) is 9.44. The molecule has 0 saturated heterocycles. The molecule has 0 N–H and O–H groups in total. The van der Waals surface area contributed by atoms with E-state index in [4.69, 9.17) is 18.3 Å². The summed E-state index contributed by atoms with van der Waals surface area (Å²) in [6, 6.07) is 20.7. The number of methoxy groups -OCH3 is 2. The summed E-state index contributed by atoms with van der Waals surface area (Å²) in [5.74, 6) is 1.55. The molecular formula is C25H18O5. The molecule has 0 atom stereocenters. The molecule has 5 nitrogen and oxygen atoms in total. The van der Waals surface area contributed by atoms with Crippen LogP contribution in [0.1, 0.15) is 0 Å². The second-order valence-electron chi connectivity index (χ2n) is 6.93. The fourth-order valence-corrected chi connectivity index (χ4v) is 3.69. The number of benzene rings is 3. The summed E-state index contributed by atoms with van der Waals surface area (Å²) in [5, 5.41) is 1.78. The quantitative estimate of drug-likeness (QED) is 0.353. The molecule has 0 radical (unpaired) electrons. The predicted octanol–water partition coefficient (Wildman–Crippen LogP) is 5.89. The first-order valence-corrected chi connectivity index (χ1v) is 9.44.